The van der Waals surface area contributed by atoms with E-state index in [4.69, 9.17) is 12.8 Å². The summed E-state index contributed by atoms with van der Waals surface area (Å²) in [6, 6.07) is 67.1. The molecule has 0 aliphatic heterocycles. The van der Waals surface area contributed by atoms with Crippen LogP contribution in [0.25, 0.3) is 38.8 Å². The van der Waals surface area contributed by atoms with Crippen LogP contribution in [-0.4, -0.2) is 15.0 Å². The predicted octanol–water partition coefficient (Wildman–Crippen LogP) is 11.4. The number of hydrogen-bond acceptors (Lipinski definition) is 0. The Morgan fingerprint density at radius 2 is 0.902 bits per heavy atom. The van der Waals surface area contributed by atoms with E-state index in [1.807, 2.05) is 55.5 Å². The molecule has 0 spiro atoms. The van der Waals surface area contributed by atoms with Gasteiger partial charge in [0.05, 0.1) is 0 Å². The van der Waals surface area contributed by atoms with Crippen molar-refractivity contribution in [3.8, 4) is 11.8 Å². The van der Waals surface area contributed by atoms with E-state index >= 15 is 0 Å². The average Bonchev–Trinajstić information content (AvgIpc) is 3.72. The molecule has 2 heterocycles. The Hall–Kier alpha value is -4.92. The van der Waals surface area contributed by atoms with Gasteiger partial charge < -0.3 is 22.0 Å². The maximum atomic E-state index is 7.18. The van der Waals surface area contributed by atoms with Gasteiger partial charge in [0, 0.05) is 47.1 Å². The van der Waals surface area contributed by atoms with E-state index in [2.05, 4.69) is 188 Å². The van der Waals surface area contributed by atoms with Crippen LogP contribution in [0.2, 0.25) is 0 Å². The Kier molecular flexibility index (Phi) is 17.6. The van der Waals surface area contributed by atoms with E-state index < -0.39 is 15.8 Å². The van der Waals surface area contributed by atoms with Crippen LogP contribution in [0, 0.1) is 31.6 Å². The van der Waals surface area contributed by atoms with Gasteiger partial charge in [-0.05, 0) is 78.5 Å². The maximum Gasteiger partial charge on any atom is 1.00 e. The van der Waals surface area contributed by atoms with Crippen LogP contribution in [-0.2, 0) is 58.9 Å². The Labute approximate surface area is 395 Å². The molecule has 9 aromatic rings. The molecule has 0 aliphatic rings. The second-order valence-electron chi connectivity index (χ2n) is 14.6. The zero-order valence-corrected chi connectivity index (χ0v) is 41.0. The predicted molar refractivity (Wildman–Crippen MR) is 261 cm³/mol. The summed E-state index contributed by atoms with van der Waals surface area (Å²) < 4.78 is 4.36. The van der Waals surface area contributed by atoms with E-state index in [9.17, 15) is 0 Å². The summed E-state index contributed by atoms with van der Waals surface area (Å²) in [5.74, 6) is 6.10. The van der Waals surface area contributed by atoms with Gasteiger partial charge in [-0.3, -0.25) is 11.8 Å². The molecule has 0 atom stereocenters. The number of aryl methyl sites for hydroxylation is 2. The van der Waals surface area contributed by atoms with Gasteiger partial charge >= 0.3 is 44.8 Å². The molecule has 0 saturated heterocycles. The zero-order chi connectivity index (χ0) is 41.1. The van der Waals surface area contributed by atoms with Crippen molar-refractivity contribution in [2.75, 3.05) is 5.90 Å². The molecule has 0 bridgehead atoms. The second-order valence-corrected chi connectivity index (χ2v) is 20.2. The molecule has 2 nitrogen and oxygen atoms in total. The first-order chi connectivity index (χ1) is 28.9. The summed E-state index contributed by atoms with van der Waals surface area (Å²) in [6.45, 7) is 4.00. The Bertz CT molecular complexity index is 2760. The number of fused-ring (bicyclic) bond motifs is 4. The largest absolute Gasteiger partial charge is 1.00 e. The summed E-state index contributed by atoms with van der Waals surface area (Å²) >= 11 is 0. The van der Waals surface area contributed by atoms with E-state index in [0.29, 0.717) is 0 Å². The standard InChI is InChI=1S/C25H22P2.C15H10N.C15H14N.2Au/c1-5-13-22(14-6-1)26(23-15-7-2-8-16-23)21-27(24-17-9-3-10-18-24)25-19-11-4-12-20-25;1-3-11-8-9-15-13(10-11)12-6-4-5-7-14(12)16(15)2;1-5-11(2)10-14-12(3)16(4)15-9-7-6-8-13(14)15;;/h1-20H,21H2;4-10H,2H3;6-10H,2-4H3;;/q;2*-1;2*+1/p+2/b;;11-10+;;. The topological polar surface area (TPSA) is 9.86 Å². The van der Waals surface area contributed by atoms with E-state index in [-0.39, 0.29) is 44.8 Å². The molecular formula is C55H48Au2N2P2+2. The first-order valence-corrected chi connectivity index (χ1v) is 23.3. The molecule has 0 unspecified atom stereocenters. The quantitative estimate of drug-likeness (QED) is 0.0651. The maximum absolute atomic E-state index is 7.18. The Balaban J connectivity index is 0.000000180. The molecule has 7 aromatic carbocycles. The smallest absolute Gasteiger partial charge is 0.366 e. The molecular weight excluding hydrogens is 1140 g/mol. The van der Waals surface area contributed by atoms with E-state index in [1.165, 1.54) is 71.1 Å². The fraction of sp³-hybridized carbons (Fsp3) is 0.0909. The minimum Gasteiger partial charge on any atom is -0.366 e. The molecule has 0 radical (unpaired) electrons. The van der Waals surface area contributed by atoms with Crippen molar-refractivity contribution in [1.29, 1.82) is 0 Å². The summed E-state index contributed by atoms with van der Waals surface area (Å²) in [7, 11) is 2.44. The minimum atomic E-state index is -0.847. The molecule has 2 aromatic heterocycles. The van der Waals surface area contributed by atoms with Gasteiger partial charge in [0.2, 0.25) is 0 Å². The number of aromatic nitrogens is 2. The fourth-order valence-corrected chi connectivity index (χ4v) is 15.4. The molecule has 308 valence electrons. The minimum absolute atomic E-state index is 0. The third-order valence-electron chi connectivity index (χ3n) is 10.9. The van der Waals surface area contributed by atoms with Gasteiger partial charge in [-0.2, -0.15) is 5.57 Å². The van der Waals surface area contributed by atoms with Gasteiger partial charge in [-0.25, -0.2) is 0 Å². The number of hydrogen-bond donors (Lipinski definition) is 0. The fourth-order valence-electron chi connectivity index (χ4n) is 7.71. The van der Waals surface area contributed by atoms with E-state index in [1.54, 1.807) is 0 Å². The normalized spacial score (nSPS) is 10.8. The third kappa shape index (κ3) is 11.1. The summed E-state index contributed by atoms with van der Waals surface area (Å²) in [5.41, 5.74) is 7.72. The van der Waals surface area contributed by atoms with Crippen molar-refractivity contribution in [2.45, 2.75) is 13.8 Å². The molecule has 0 fully saturated rings. The zero-order valence-electron chi connectivity index (χ0n) is 34.7. The Morgan fingerprint density at radius 3 is 1.34 bits per heavy atom. The SMILES string of the molecule is [Au+].[Au+].[C-]#C/C(C)=C/c1c(C)n(C)c2ccccc12.[C-]#Cc1ccc2c(c1)c1ccccc1n2C.c1ccc([PH+](C[PH+](c2ccccc2)c2ccccc2)c2ccccc2)cc1. The first kappa shape index (κ1) is 47.1. The van der Waals surface area contributed by atoms with Crippen LogP contribution in [0.15, 0.2) is 194 Å². The van der Waals surface area contributed by atoms with Crippen molar-refractivity contribution in [3.63, 3.8) is 0 Å². The van der Waals surface area contributed by atoms with Crippen molar-refractivity contribution < 1.29 is 44.8 Å². The molecule has 6 heteroatoms. The van der Waals surface area contributed by atoms with Crippen LogP contribution in [0.3, 0.4) is 0 Å². The van der Waals surface area contributed by atoms with Crippen molar-refractivity contribution in [1.82, 2.24) is 9.13 Å². The van der Waals surface area contributed by atoms with Crippen molar-refractivity contribution in [2.24, 2.45) is 14.1 Å². The summed E-state index contributed by atoms with van der Waals surface area (Å²) in [5, 5.41) is 9.67. The van der Waals surface area contributed by atoms with Gasteiger partial charge in [-0.15, -0.1) is 23.8 Å². The van der Waals surface area contributed by atoms with Crippen LogP contribution in [0.1, 0.15) is 23.7 Å². The summed E-state index contributed by atoms with van der Waals surface area (Å²) in [6.07, 6.45) is 16.3. The van der Waals surface area contributed by atoms with Crippen LogP contribution < -0.4 is 21.2 Å². The van der Waals surface area contributed by atoms with Crippen molar-refractivity contribution in [3.05, 3.63) is 223 Å². The van der Waals surface area contributed by atoms with Gasteiger partial charge in [0.15, 0.2) is 5.90 Å². The number of nitrogens with zero attached hydrogens (tertiary/aromatic N) is 2. The Morgan fingerprint density at radius 1 is 0.508 bits per heavy atom. The molecule has 0 saturated carbocycles. The molecule has 61 heavy (non-hydrogen) atoms. The molecule has 0 aliphatic carbocycles. The molecule has 9 rings (SSSR count). The summed E-state index contributed by atoms with van der Waals surface area (Å²) in [4.78, 5) is 0. The number of benzene rings is 7. The first-order valence-electron chi connectivity index (χ1n) is 19.9. The van der Waals surface area contributed by atoms with Crippen molar-refractivity contribution >= 4 is 75.8 Å². The van der Waals surface area contributed by atoms with Gasteiger partial charge in [0.25, 0.3) is 0 Å². The number of para-hydroxylation sites is 2. The monoisotopic (exact) mass is 1190 g/mol. The third-order valence-corrected chi connectivity index (χ3v) is 17.9. The molecule has 0 amide bonds. The van der Waals surface area contributed by atoms with Gasteiger partial charge in [0.1, 0.15) is 37.1 Å². The van der Waals surface area contributed by atoms with Crippen LogP contribution >= 0.6 is 15.8 Å². The van der Waals surface area contributed by atoms with Crippen LogP contribution in [0.5, 0.6) is 0 Å². The average molecular weight is 1190 g/mol. The van der Waals surface area contributed by atoms with E-state index in [0.717, 1.165) is 11.1 Å². The second kappa shape index (κ2) is 22.8. The number of rotatable bonds is 7. The molecule has 0 N–H and O–H groups in total. The van der Waals surface area contributed by atoms with Gasteiger partial charge in [-0.1, -0.05) is 122 Å². The number of allylic oxidation sites excluding steroid dienone is 1. The van der Waals surface area contributed by atoms with Crippen LogP contribution in [0.4, 0.5) is 0 Å².